The molecule has 2 aromatic heterocycles. The van der Waals surface area contributed by atoms with E-state index in [2.05, 4.69) is 26.8 Å². The number of aryl methyl sites for hydroxylation is 2. The molecule has 0 spiro atoms. The van der Waals surface area contributed by atoms with Crippen LogP contribution in [0.1, 0.15) is 39.8 Å². The van der Waals surface area contributed by atoms with Crippen LogP contribution in [0.25, 0.3) is 11.0 Å². The van der Waals surface area contributed by atoms with Gasteiger partial charge in [0, 0.05) is 24.7 Å². The van der Waals surface area contributed by atoms with Crippen LogP contribution in [0.2, 0.25) is 0 Å². The first-order valence-electron chi connectivity index (χ1n) is 11.1. The maximum absolute atomic E-state index is 13.9. The molecule has 0 radical (unpaired) electrons. The van der Waals surface area contributed by atoms with E-state index in [1.165, 1.54) is 5.56 Å². The second-order valence-electron chi connectivity index (χ2n) is 8.47. The van der Waals surface area contributed by atoms with E-state index in [1.807, 2.05) is 33.0 Å². The molecule has 1 N–H and O–H groups in total. The fourth-order valence-electron chi connectivity index (χ4n) is 4.53. The van der Waals surface area contributed by atoms with Gasteiger partial charge >= 0.3 is 0 Å². The summed E-state index contributed by atoms with van der Waals surface area (Å²) in [5, 5.41) is 2.84. The third kappa shape index (κ3) is 4.69. The molecule has 1 amide bonds. The van der Waals surface area contributed by atoms with Crippen LogP contribution in [0.5, 0.6) is 0 Å². The number of carbonyl (C=O) groups is 1. The van der Waals surface area contributed by atoms with Crippen molar-refractivity contribution in [1.29, 1.82) is 0 Å². The van der Waals surface area contributed by atoms with E-state index in [4.69, 9.17) is 0 Å². The number of rotatable bonds is 7. The first kappa shape index (κ1) is 22.5. The van der Waals surface area contributed by atoms with Crippen molar-refractivity contribution in [3.63, 3.8) is 0 Å². The standard InChI is InChI=1S/C24H25N5O3S2/c1-34(31,32)27-18-14-19(24(30)29-11-5-8-21(29)23-25-10-13-33-23)22-20(15-18)26-16-28(22)12-9-17-6-3-2-4-7-17/h2-4,6-7,10,13-16,21,27H,5,8-9,11-12H2,1H3/t21-/m0/s1. The second kappa shape index (κ2) is 9.19. The molecule has 3 heterocycles. The van der Waals surface area contributed by atoms with Crippen molar-refractivity contribution in [2.45, 2.75) is 31.8 Å². The summed E-state index contributed by atoms with van der Waals surface area (Å²) in [6.45, 7) is 1.28. The number of hydrogen-bond donors (Lipinski definition) is 1. The van der Waals surface area contributed by atoms with Crippen LogP contribution >= 0.6 is 11.3 Å². The number of thiazole rings is 1. The Labute approximate surface area is 202 Å². The molecule has 1 aliphatic heterocycles. The zero-order valence-corrected chi connectivity index (χ0v) is 20.3. The van der Waals surface area contributed by atoms with Crippen molar-refractivity contribution in [3.05, 3.63) is 76.5 Å². The van der Waals surface area contributed by atoms with E-state index in [9.17, 15) is 13.2 Å². The van der Waals surface area contributed by atoms with Crippen LogP contribution in [0.15, 0.2) is 60.4 Å². The molecule has 0 bridgehead atoms. The van der Waals surface area contributed by atoms with Crippen molar-refractivity contribution in [3.8, 4) is 0 Å². The maximum atomic E-state index is 13.9. The average Bonchev–Trinajstić information content (AvgIpc) is 3.56. The van der Waals surface area contributed by atoms with E-state index >= 15 is 0 Å². The molecule has 0 saturated carbocycles. The zero-order valence-electron chi connectivity index (χ0n) is 18.7. The lowest BCUT2D eigenvalue weighted by Crippen LogP contribution is -2.31. The van der Waals surface area contributed by atoms with Gasteiger partial charge in [-0.3, -0.25) is 9.52 Å². The fourth-order valence-corrected chi connectivity index (χ4v) is 5.86. The Morgan fingerprint density at radius 3 is 2.76 bits per heavy atom. The molecule has 10 heteroatoms. The van der Waals surface area contributed by atoms with Gasteiger partial charge < -0.3 is 9.47 Å². The topological polar surface area (TPSA) is 97.2 Å². The van der Waals surface area contributed by atoms with Crippen molar-refractivity contribution in [2.75, 3.05) is 17.5 Å². The van der Waals surface area contributed by atoms with Crippen molar-refractivity contribution >= 4 is 44.0 Å². The quantitative estimate of drug-likeness (QED) is 0.417. The zero-order chi connectivity index (χ0) is 23.7. The number of likely N-dealkylation sites (tertiary alicyclic amines) is 1. The van der Waals surface area contributed by atoms with Gasteiger partial charge in [0.1, 0.15) is 5.01 Å². The lowest BCUT2D eigenvalue weighted by molar-refractivity contribution is 0.0737. The van der Waals surface area contributed by atoms with Gasteiger partial charge in [-0.2, -0.15) is 0 Å². The third-order valence-corrected chi connectivity index (χ3v) is 7.46. The molecule has 176 valence electrons. The lowest BCUT2D eigenvalue weighted by atomic mass is 10.1. The molecule has 5 rings (SSSR count). The number of carbonyl (C=O) groups excluding carboxylic acids is 1. The SMILES string of the molecule is CS(=O)(=O)Nc1cc(C(=O)N2CCC[C@H]2c2nccs2)c2c(c1)ncn2CCc1ccccc1. The molecule has 2 aromatic carbocycles. The minimum absolute atomic E-state index is 0.0743. The normalized spacial score (nSPS) is 16.3. The predicted octanol–water partition coefficient (Wildman–Crippen LogP) is 4.08. The van der Waals surface area contributed by atoms with Gasteiger partial charge in [0.2, 0.25) is 10.0 Å². The molecular weight excluding hydrogens is 470 g/mol. The summed E-state index contributed by atoms with van der Waals surface area (Å²) < 4.78 is 28.3. The molecule has 1 aliphatic rings. The van der Waals surface area contributed by atoms with Gasteiger partial charge in [0.15, 0.2) is 0 Å². The van der Waals surface area contributed by atoms with Crippen LogP contribution in [-0.2, 0) is 23.0 Å². The van der Waals surface area contributed by atoms with Gasteiger partial charge in [0.25, 0.3) is 5.91 Å². The highest BCUT2D eigenvalue weighted by Gasteiger charge is 2.33. The van der Waals surface area contributed by atoms with Crippen LogP contribution in [0, 0.1) is 0 Å². The Bertz CT molecular complexity index is 1420. The summed E-state index contributed by atoms with van der Waals surface area (Å²) in [5.74, 6) is -0.138. The molecule has 8 nitrogen and oxygen atoms in total. The number of amides is 1. The van der Waals surface area contributed by atoms with Gasteiger partial charge in [0.05, 0.1) is 40.9 Å². The number of benzene rings is 2. The van der Waals surface area contributed by atoms with E-state index in [0.29, 0.717) is 35.4 Å². The molecular formula is C24H25N5O3S2. The summed E-state index contributed by atoms with van der Waals surface area (Å²) in [6.07, 6.45) is 7.11. The smallest absolute Gasteiger partial charge is 0.256 e. The Balaban J connectivity index is 1.55. The minimum Gasteiger partial charge on any atom is -0.330 e. The predicted molar refractivity (Wildman–Crippen MR) is 133 cm³/mol. The Morgan fingerprint density at radius 1 is 1.21 bits per heavy atom. The van der Waals surface area contributed by atoms with Crippen molar-refractivity contribution in [1.82, 2.24) is 19.4 Å². The van der Waals surface area contributed by atoms with Gasteiger partial charge in [-0.15, -0.1) is 11.3 Å². The first-order valence-corrected chi connectivity index (χ1v) is 13.9. The van der Waals surface area contributed by atoms with Crippen molar-refractivity contribution in [2.24, 2.45) is 0 Å². The lowest BCUT2D eigenvalue weighted by Gasteiger charge is -2.24. The maximum Gasteiger partial charge on any atom is 0.256 e. The van der Waals surface area contributed by atoms with Crippen LogP contribution in [-0.4, -0.2) is 46.6 Å². The van der Waals surface area contributed by atoms with Crippen LogP contribution in [0.3, 0.4) is 0 Å². The Kier molecular flexibility index (Phi) is 6.09. The number of imidazole rings is 1. The molecule has 1 saturated heterocycles. The number of aromatic nitrogens is 3. The highest BCUT2D eigenvalue weighted by atomic mass is 32.2. The van der Waals surface area contributed by atoms with Gasteiger partial charge in [-0.25, -0.2) is 18.4 Å². The summed E-state index contributed by atoms with van der Waals surface area (Å²) in [5.41, 5.74) is 3.25. The minimum atomic E-state index is -3.51. The molecule has 0 unspecified atom stereocenters. The number of nitrogens with zero attached hydrogens (tertiary/aromatic N) is 4. The highest BCUT2D eigenvalue weighted by molar-refractivity contribution is 7.92. The fraction of sp³-hybridized carbons (Fsp3) is 0.292. The first-order chi connectivity index (χ1) is 16.4. The molecule has 34 heavy (non-hydrogen) atoms. The van der Waals surface area contributed by atoms with Crippen LogP contribution in [0.4, 0.5) is 5.69 Å². The Hall–Kier alpha value is -3.24. The summed E-state index contributed by atoms with van der Waals surface area (Å²) in [6, 6.07) is 13.4. The molecule has 4 aromatic rings. The monoisotopic (exact) mass is 495 g/mol. The summed E-state index contributed by atoms with van der Waals surface area (Å²) >= 11 is 1.55. The largest absolute Gasteiger partial charge is 0.330 e. The van der Waals surface area contributed by atoms with Crippen molar-refractivity contribution < 1.29 is 13.2 Å². The second-order valence-corrected chi connectivity index (χ2v) is 11.1. The molecule has 0 aliphatic carbocycles. The third-order valence-electron chi connectivity index (χ3n) is 5.98. The van der Waals surface area contributed by atoms with E-state index in [1.54, 1.807) is 36.0 Å². The van der Waals surface area contributed by atoms with E-state index in [0.717, 1.165) is 30.5 Å². The number of hydrogen-bond acceptors (Lipinski definition) is 6. The number of fused-ring (bicyclic) bond motifs is 1. The summed E-state index contributed by atoms with van der Waals surface area (Å²) in [4.78, 5) is 24.7. The van der Waals surface area contributed by atoms with E-state index < -0.39 is 10.0 Å². The van der Waals surface area contributed by atoms with Crippen LogP contribution < -0.4 is 4.72 Å². The number of sulfonamides is 1. The highest BCUT2D eigenvalue weighted by Crippen LogP contribution is 2.36. The average molecular weight is 496 g/mol. The summed E-state index contributed by atoms with van der Waals surface area (Å²) in [7, 11) is -3.51. The van der Waals surface area contributed by atoms with Gasteiger partial charge in [-0.05, 0) is 37.0 Å². The molecule has 1 atom stereocenters. The number of nitrogens with one attached hydrogen (secondary N) is 1. The van der Waals surface area contributed by atoms with E-state index in [-0.39, 0.29) is 11.9 Å². The molecule has 1 fully saturated rings. The number of anilines is 1. The Morgan fingerprint density at radius 2 is 2.03 bits per heavy atom. The van der Waals surface area contributed by atoms with Gasteiger partial charge in [-0.1, -0.05) is 30.3 Å².